The highest BCUT2D eigenvalue weighted by Crippen LogP contribution is 2.27. The second kappa shape index (κ2) is 8.05. The van der Waals surface area contributed by atoms with Gasteiger partial charge in [-0.1, -0.05) is 11.6 Å². The van der Waals surface area contributed by atoms with Gasteiger partial charge >= 0.3 is 0 Å². The molecule has 2 aromatic heterocycles. The third-order valence-electron chi connectivity index (χ3n) is 4.54. The summed E-state index contributed by atoms with van der Waals surface area (Å²) in [5.74, 6) is -10.8. The van der Waals surface area contributed by atoms with Crippen molar-refractivity contribution in [3.8, 4) is 0 Å². The summed E-state index contributed by atoms with van der Waals surface area (Å²) < 4.78 is 70.6. The number of carbonyl (C=O) groups is 1. The van der Waals surface area contributed by atoms with Gasteiger partial charge in [-0.3, -0.25) is 14.2 Å². The van der Waals surface area contributed by atoms with E-state index in [2.05, 4.69) is 15.5 Å². The normalized spacial score (nSPS) is 11.2. The lowest BCUT2D eigenvalue weighted by Crippen LogP contribution is -2.19. The highest BCUT2D eigenvalue weighted by Gasteiger charge is 2.27. The van der Waals surface area contributed by atoms with Crippen molar-refractivity contribution in [1.82, 2.24) is 19.6 Å². The number of benzene rings is 1. The fraction of sp³-hybridized carbons (Fsp3) is 0.278. The monoisotopic (exact) mass is 447 g/mol. The predicted molar refractivity (Wildman–Crippen MR) is 97.9 cm³/mol. The smallest absolute Gasteiger partial charge is 0.275 e. The third-order valence-corrected chi connectivity index (χ3v) is 4.81. The molecular formula is C18H15ClF5N5O. The fourth-order valence-electron chi connectivity index (χ4n) is 2.97. The Hall–Kier alpha value is -2.95. The number of aromatic nitrogens is 4. The summed E-state index contributed by atoms with van der Waals surface area (Å²) in [6.45, 7) is 4.39. The zero-order valence-corrected chi connectivity index (χ0v) is 16.7. The first kappa shape index (κ1) is 21.8. The van der Waals surface area contributed by atoms with Crippen LogP contribution in [0.5, 0.6) is 0 Å². The van der Waals surface area contributed by atoms with Crippen molar-refractivity contribution in [3.05, 3.63) is 63.0 Å². The second-order valence-corrected chi connectivity index (χ2v) is 6.77. The number of halogens is 6. The maximum Gasteiger partial charge on any atom is 0.275 e. The van der Waals surface area contributed by atoms with Crippen molar-refractivity contribution in [2.75, 3.05) is 5.32 Å². The van der Waals surface area contributed by atoms with E-state index in [0.29, 0.717) is 6.54 Å². The molecule has 6 nitrogen and oxygen atoms in total. The number of hydrogen-bond acceptors (Lipinski definition) is 3. The second-order valence-electron chi connectivity index (χ2n) is 6.36. The molecule has 0 radical (unpaired) electrons. The van der Waals surface area contributed by atoms with E-state index in [0.717, 1.165) is 4.68 Å². The van der Waals surface area contributed by atoms with E-state index in [1.165, 1.54) is 24.7 Å². The summed E-state index contributed by atoms with van der Waals surface area (Å²) in [5.41, 5.74) is -0.219. The molecule has 0 saturated heterocycles. The molecule has 0 aliphatic rings. The molecule has 0 saturated carbocycles. The topological polar surface area (TPSA) is 64.7 Å². The number of aryl methyl sites for hydroxylation is 2. The molecule has 0 aliphatic carbocycles. The van der Waals surface area contributed by atoms with Crippen LogP contribution in [0.2, 0.25) is 5.02 Å². The summed E-state index contributed by atoms with van der Waals surface area (Å²) in [7, 11) is 0. The van der Waals surface area contributed by atoms with Gasteiger partial charge in [0, 0.05) is 6.54 Å². The summed E-state index contributed by atoms with van der Waals surface area (Å²) in [6, 6.07) is 0. The lowest BCUT2D eigenvalue weighted by atomic mass is 10.1. The summed E-state index contributed by atoms with van der Waals surface area (Å²) in [4.78, 5) is 12.6. The predicted octanol–water partition coefficient (Wildman–Crippen LogP) is 4.37. The zero-order chi connectivity index (χ0) is 22.3. The number of hydrogen-bond donors (Lipinski definition) is 1. The van der Waals surface area contributed by atoms with E-state index in [9.17, 15) is 26.7 Å². The Kier molecular flexibility index (Phi) is 5.84. The van der Waals surface area contributed by atoms with E-state index < -0.39 is 47.1 Å². The van der Waals surface area contributed by atoms with Gasteiger partial charge in [0.05, 0.1) is 40.4 Å². The van der Waals surface area contributed by atoms with Gasteiger partial charge in [-0.25, -0.2) is 22.0 Å². The molecule has 160 valence electrons. The summed E-state index contributed by atoms with van der Waals surface area (Å²) >= 11 is 6.00. The number of amides is 1. The van der Waals surface area contributed by atoms with E-state index >= 15 is 0 Å². The number of nitrogens with one attached hydrogen (secondary N) is 1. The minimum Gasteiger partial charge on any atom is -0.317 e. The Bertz CT molecular complexity index is 1130. The molecule has 3 aromatic rings. The van der Waals surface area contributed by atoms with Crippen LogP contribution in [0.25, 0.3) is 0 Å². The fourth-order valence-corrected chi connectivity index (χ4v) is 3.20. The van der Waals surface area contributed by atoms with Crippen LogP contribution in [0.15, 0.2) is 6.20 Å². The molecule has 0 unspecified atom stereocenters. The van der Waals surface area contributed by atoms with Crippen molar-refractivity contribution in [3.63, 3.8) is 0 Å². The van der Waals surface area contributed by atoms with Gasteiger partial charge in [0.2, 0.25) is 5.82 Å². The molecule has 0 fully saturated rings. The first-order valence-corrected chi connectivity index (χ1v) is 9.03. The Labute approximate surface area is 172 Å². The van der Waals surface area contributed by atoms with Crippen molar-refractivity contribution in [2.24, 2.45) is 0 Å². The molecule has 2 heterocycles. The van der Waals surface area contributed by atoms with Crippen molar-refractivity contribution in [1.29, 1.82) is 0 Å². The standard InChI is InChI=1S/C18H15ClF5N5O/c1-4-28-17(10(19)5-25-28)18(30)26-16-7(2)27-29(8(16)3)6-9-11(20)13(22)15(24)14(23)12(9)21/h5H,4,6H2,1-3H3,(H,26,30). The van der Waals surface area contributed by atoms with Gasteiger partial charge in [0.15, 0.2) is 23.3 Å². The van der Waals surface area contributed by atoms with Crippen molar-refractivity contribution >= 4 is 23.2 Å². The van der Waals surface area contributed by atoms with Crippen LogP contribution in [0.1, 0.15) is 34.4 Å². The van der Waals surface area contributed by atoms with Gasteiger partial charge in [0.25, 0.3) is 5.91 Å². The molecule has 0 spiro atoms. The third kappa shape index (κ3) is 3.53. The lowest BCUT2D eigenvalue weighted by Gasteiger charge is -2.11. The van der Waals surface area contributed by atoms with Gasteiger partial charge in [-0.05, 0) is 20.8 Å². The number of carbonyl (C=O) groups excluding carboxylic acids is 1. The first-order valence-electron chi connectivity index (χ1n) is 8.65. The summed E-state index contributed by atoms with van der Waals surface area (Å²) in [6.07, 6.45) is 1.31. The lowest BCUT2D eigenvalue weighted by molar-refractivity contribution is 0.101. The highest BCUT2D eigenvalue weighted by molar-refractivity contribution is 6.34. The van der Waals surface area contributed by atoms with Crippen LogP contribution in [0, 0.1) is 42.9 Å². The molecule has 12 heteroatoms. The van der Waals surface area contributed by atoms with E-state index in [-0.39, 0.29) is 27.8 Å². The quantitative estimate of drug-likeness (QED) is 0.359. The highest BCUT2D eigenvalue weighted by atomic mass is 35.5. The van der Waals surface area contributed by atoms with Crippen LogP contribution in [0.3, 0.4) is 0 Å². The van der Waals surface area contributed by atoms with Crippen LogP contribution in [0.4, 0.5) is 27.6 Å². The average Bonchev–Trinajstić information content (AvgIpc) is 3.22. The Morgan fingerprint density at radius 3 is 2.17 bits per heavy atom. The molecule has 30 heavy (non-hydrogen) atoms. The number of nitrogens with zero attached hydrogens (tertiary/aromatic N) is 4. The Morgan fingerprint density at radius 2 is 1.60 bits per heavy atom. The number of rotatable bonds is 5. The molecule has 1 aromatic carbocycles. The molecule has 0 aliphatic heterocycles. The zero-order valence-electron chi connectivity index (χ0n) is 16.0. The Morgan fingerprint density at radius 1 is 1.03 bits per heavy atom. The van der Waals surface area contributed by atoms with Crippen LogP contribution in [-0.2, 0) is 13.1 Å². The van der Waals surface area contributed by atoms with Crippen LogP contribution in [-0.4, -0.2) is 25.5 Å². The van der Waals surface area contributed by atoms with E-state index in [1.807, 2.05) is 0 Å². The van der Waals surface area contributed by atoms with E-state index in [4.69, 9.17) is 11.6 Å². The van der Waals surface area contributed by atoms with Crippen molar-refractivity contribution < 1.29 is 26.7 Å². The summed E-state index contributed by atoms with van der Waals surface area (Å²) in [5, 5.41) is 10.7. The van der Waals surface area contributed by atoms with Crippen LogP contribution >= 0.6 is 11.6 Å². The van der Waals surface area contributed by atoms with Crippen LogP contribution < -0.4 is 5.32 Å². The molecule has 0 bridgehead atoms. The molecule has 1 N–H and O–H groups in total. The maximum atomic E-state index is 14.0. The largest absolute Gasteiger partial charge is 0.317 e. The maximum absolute atomic E-state index is 14.0. The minimum atomic E-state index is -2.24. The molecule has 3 rings (SSSR count). The first-order chi connectivity index (χ1) is 14.1. The number of anilines is 1. The molecule has 1 amide bonds. The average molecular weight is 448 g/mol. The van der Waals surface area contributed by atoms with E-state index in [1.54, 1.807) is 6.92 Å². The minimum absolute atomic E-state index is 0.102. The molecular weight excluding hydrogens is 433 g/mol. The van der Waals surface area contributed by atoms with Crippen molar-refractivity contribution in [2.45, 2.75) is 33.9 Å². The van der Waals surface area contributed by atoms with Gasteiger partial charge in [-0.2, -0.15) is 10.2 Å². The SMILES string of the molecule is CCn1ncc(Cl)c1C(=O)Nc1c(C)nn(Cc2c(F)c(F)c(F)c(F)c2F)c1C. The van der Waals surface area contributed by atoms with Gasteiger partial charge < -0.3 is 5.32 Å². The van der Waals surface area contributed by atoms with Gasteiger partial charge in [-0.15, -0.1) is 0 Å². The van der Waals surface area contributed by atoms with Gasteiger partial charge in [0.1, 0.15) is 5.69 Å². The Balaban J connectivity index is 1.96. The molecule has 0 atom stereocenters.